The van der Waals surface area contributed by atoms with Crippen molar-refractivity contribution in [1.82, 2.24) is 4.98 Å². The first-order chi connectivity index (χ1) is 9.29. The molecule has 1 rings (SSSR count). The van der Waals surface area contributed by atoms with Crippen LogP contribution in [0.2, 0.25) is 0 Å². The van der Waals surface area contributed by atoms with Crippen molar-refractivity contribution in [2.75, 3.05) is 44.5 Å². The van der Waals surface area contributed by atoms with E-state index in [1.165, 1.54) is 0 Å². The molecule has 0 aliphatic rings. The van der Waals surface area contributed by atoms with E-state index in [4.69, 9.17) is 20.5 Å². The number of nitriles is 1. The summed E-state index contributed by atoms with van der Waals surface area (Å²) in [6.07, 6.45) is 3.48. The number of rotatable bonds is 9. The van der Waals surface area contributed by atoms with Crippen LogP contribution in [-0.2, 0) is 9.47 Å². The molecule has 0 radical (unpaired) electrons. The number of hydrogen-bond donors (Lipinski definition) is 2. The van der Waals surface area contributed by atoms with E-state index < -0.39 is 0 Å². The Bertz CT molecular complexity index is 418. The molecular weight excluding hydrogens is 244 g/mol. The topological polar surface area (TPSA) is 93.2 Å². The van der Waals surface area contributed by atoms with Crippen LogP contribution in [0.4, 0.5) is 11.5 Å². The maximum atomic E-state index is 8.84. The molecule has 1 aromatic heterocycles. The third kappa shape index (κ3) is 5.55. The smallest absolute Gasteiger partial charge is 0.150 e. The predicted octanol–water partition coefficient (Wildman–Crippen LogP) is 1.39. The lowest BCUT2D eigenvalue weighted by atomic mass is 10.2. The summed E-state index contributed by atoms with van der Waals surface area (Å²) in [7, 11) is 1.65. The minimum Gasteiger partial charge on any atom is -0.395 e. The van der Waals surface area contributed by atoms with Crippen LogP contribution < -0.4 is 11.1 Å². The van der Waals surface area contributed by atoms with Gasteiger partial charge in [0.25, 0.3) is 0 Å². The second kappa shape index (κ2) is 9.14. The largest absolute Gasteiger partial charge is 0.395 e. The second-order valence-corrected chi connectivity index (χ2v) is 3.97. The fourth-order valence-electron chi connectivity index (χ4n) is 1.49. The van der Waals surface area contributed by atoms with Gasteiger partial charge < -0.3 is 20.5 Å². The minimum atomic E-state index is 0.404. The van der Waals surface area contributed by atoms with E-state index in [0.717, 1.165) is 19.4 Å². The first-order valence-electron chi connectivity index (χ1n) is 6.24. The van der Waals surface area contributed by atoms with Gasteiger partial charge in [-0.3, -0.25) is 0 Å². The van der Waals surface area contributed by atoms with Gasteiger partial charge in [-0.15, -0.1) is 0 Å². The summed E-state index contributed by atoms with van der Waals surface area (Å²) in [6.45, 7) is 2.72. The summed E-state index contributed by atoms with van der Waals surface area (Å²) >= 11 is 0. The Balaban J connectivity index is 2.18. The van der Waals surface area contributed by atoms with Crippen LogP contribution in [0.1, 0.15) is 18.4 Å². The Labute approximate surface area is 113 Å². The molecule has 1 aromatic rings. The molecule has 0 saturated heterocycles. The first-order valence-corrected chi connectivity index (χ1v) is 6.24. The van der Waals surface area contributed by atoms with Gasteiger partial charge in [-0.05, 0) is 18.9 Å². The molecule has 6 nitrogen and oxygen atoms in total. The number of nitrogens with one attached hydrogen (secondary N) is 1. The number of ether oxygens (including phenoxy) is 2. The molecule has 0 fully saturated rings. The summed E-state index contributed by atoms with van der Waals surface area (Å²) in [6, 6.07) is 3.63. The fourth-order valence-corrected chi connectivity index (χ4v) is 1.49. The van der Waals surface area contributed by atoms with Gasteiger partial charge in [-0.2, -0.15) is 5.26 Å². The van der Waals surface area contributed by atoms with Crippen LogP contribution in [0, 0.1) is 11.3 Å². The van der Waals surface area contributed by atoms with E-state index in [1.54, 1.807) is 19.4 Å². The average molecular weight is 264 g/mol. The molecule has 0 aliphatic heterocycles. The summed E-state index contributed by atoms with van der Waals surface area (Å²) in [5, 5.41) is 12.0. The SMILES string of the molecule is COCCOCCCCNc1nccc(C#N)c1N. The summed E-state index contributed by atoms with van der Waals surface area (Å²) in [4.78, 5) is 4.11. The molecule has 0 bridgehead atoms. The van der Waals surface area contributed by atoms with Gasteiger partial charge in [0.05, 0.1) is 24.5 Å². The Kier molecular flexibility index (Phi) is 7.32. The van der Waals surface area contributed by atoms with Crippen molar-refractivity contribution in [3.05, 3.63) is 17.8 Å². The second-order valence-electron chi connectivity index (χ2n) is 3.97. The lowest BCUT2D eigenvalue weighted by Gasteiger charge is -2.09. The molecule has 0 saturated carbocycles. The molecular formula is C13H20N4O2. The zero-order chi connectivity index (χ0) is 13.9. The number of hydrogen-bond acceptors (Lipinski definition) is 6. The lowest BCUT2D eigenvalue weighted by molar-refractivity contribution is 0.0691. The summed E-state index contributed by atoms with van der Waals surface area (Å²) in [5.74, 6) is 0.569. The number of nitrogen functional groups attached to an aromatic ring is 1. The molecule has 0 aliphatic carbocycles. The molecule has 3 N–H and O–H groups in total. The standard InChI is InChI=1S/C13H20N4O2/c1-18-8-9-19-7-3-2-5-16-13-12(15)11(10-14)4-6-17-13/h4,6H,2-3,5,7-9,15H2,1H3,(H,16,17). The van der Waals surface area contributed by atoms with E-state index in [1.807, 2.05) is 6.07 Å². The first kappa shape index (κ1) is 15.2. The summed E-state index contributed by atoms with van der Waals surface area (Å²) < 4.78 is 10.2. The van der Waals surface area contributed by atoms with Crippen molar-refractivity contribution in [3.8, 4) is 6.07 Å². The number of pyridine rings is 1. The van der Waals surface area contributed by atoms with Crippen LogP contribution in [0.25, 0.3) is 0 Å². The molecule has 1 heterocycles. The van der Waals surface area contributed by atoms with Gasteiger partial charge in [0, 0.05) is 26.5 Å². The number of aromatic nitrogens is 1. The quantitative estimate of drug-likeness (QED) is 0.655. The molecule has 0 spiro atoms. The van der Waals surface area contributed by atoms with Gasteiger partial charge in [0.1, 0.15) is 6.07 Å². The number of nitrogens with two attached hydrogens (primary N) is 1. The van der Waals surface area contributed by atoms with Crippen molar-refractivity contribution >= 4 is 11.5 Å². The highest BCUT2D eigenvalue weighted by Gasteiger charge is 2.04. The van der Waals surface area contributed by atoms with E-state index in [9.17, 15) is 0 Å². The molecule has 19 heavy (non-hydrogen) atoms. The van der Waals surface area contributed by atoms with Crippen molar-refractivity contribution in [2.24, 2.45) is 0 Å². The van der Waals surface area contributed by atoms with Crippen molar-refractivity contribution in [3.63, 3.8) is 0 Å². The Morgan fingerprint density at radius 1 is 1.37 bits per heavy atom. The molecule has 104 valence electrons. The molecule has 0 atom stereocenters. The number of nitrogens with zero attached hydrogens (tertiary/aromatic N) is 2. The molecule has 0 unspecified atom stereocenters. The van der Waals surface area contributed by atoms with Crippen LogP contribution in [-0.4, -0.2) is 38.5 Å². The maximum Gasteiger partial charge on any atom is 0.150 e. The number of methoxy groups -OCH3 is 1. The van der Waals surface area contributed by atoms with Gasteiger partial charge in [-0.1, -0.05) is 0 Å². The van der Waals surface area contributed by atoms with E-state index >= 15 is 0 Å². The zero-order valence-corrected chi connectivity index (χ0v) is 11.2. The predicted molar refractivity (Wildman–Crippen MR) is 73.8 cm³/mol. The Morgan fingerprint density at radius 2 is 2.21 bits per heavy atom. The van der Waals surface area contributed by atoms with Gasteiger partial charge in [0.2, 0.25) is 0 Å². The van der Waals surface area contributed by atoms with Crippen LogP contribution in [0.5, 0.6) is 0 Å². The Morgan fingerprint density at radius 3 is 2.95 bits per heavy atom. The highest BCUT2D eigenvalue weighted by atomic mass is 16.5. The average Bonchev–Trinajstić information content (AvgIpc) is 2.43. The van der Waals surface area contributed by atoms with E-state index in [2.05, 4.69) is 10.3 Å². The van der Waals surface area contributed by atoms with Gasteiger partial charge >= 0.3 is 0 Å². The normalized spacial score (nSPS) is 10.1. The maximum absolute atomic E-state index is 8.84. The number of unbranched alkanes of at least 4 members (excludes halogenated alkanes) is 1. The van der Waals surface area contributed by atoms with Crippen molar-refractivity contribution < 1.29 is 9.47 Å². The lowest BCUT2D eigenvalue weighted by Crippen LogP contribution is -2.09. The molecule has 6 heteroatoms. The Hall–Kier alpha value is -1.84. The van der Waals surface area contributed by atoms with Crippen molar-refractivity contribution in [1.29, 1.82) is 5.26 Å². The third-order valence-electron chi connectivity index (χ3n) is 2.55. The molecule has 0 aromatic carbocycles. The molecule has 0 amide bonds. The van der Waals surface area contributed by atoms with Crippen LogP contribution in [0.3, 0.4) is 0 Å². The zero-order valence-electron chi connectivity index (χ0n) is 11.2. The summed E-state index contributed by atoms with van der Waals surface area (Å²) in [5.41, 5.74) is 6.65. The van der Waals surface area contributed by atoms with Gasteiger partial charge in [-0.25, -0.2) is 4.98 Å². The number of anilines is 2. The van der Waals surface area contributed by atoms with Crippen LogP contribution in [0.15, 0.2) is 12.3 Å². The van der Waals surface area contributed by atoms with E-state index in [-0.39, 0.29) is 0 Å². The minimum absolute atomic E-state index is 0.404. The monoisotopic (exact) mass is 264 g/mol. The van der Waals surface area contributed by atoms with Crippen molar-refractivity contribution in [2.45, 2.75) is 12.8 Å². The van der Waals surface area contributed by atoms with E-state index in [0.29, 0.717) is 36.9 Å². The van der Waals surface area contributed by atoms with Crippen LogP contribution >= 0.6 is 0 Å². The fraction of sp³-hybridized carbons (Fsp3) is 0.538. The third-order valence-corrected chi connectivity index (χ3v) is 2.55. The van der Waals surface area contributed by atoms with Gasteiger partial charge in [0.15, 0.2) is 5.82 Å². The highest BCUT2D eigenvalue weighted by molar-refractivity contribution is 5.68. The highest BCUT2D eigenvalue weighted by Crippen LogP contribution is 2.18.